The minimum atomic E-state index is 0.126. The van der Waals surface area contributed by atoms with Gasteiger partial charge in [0.2, 0.25) is 0 Å². The topological polar surface area (TPSA) is 12.9 Å². The molecule has 0 bridgehead atoms. The molecule has 0 radical (unpaired) electrons. The Bertz CT molecular complexity index is 529. The lowest BCUT2D eigenvalue weighted by Crippen LogP contribution is -2.21. The smallest absolute Gasteiger partial charge is 0.116 e. The van der Waals surface area contributed by atoms with Crippen LogP contribution in [0.25, 0.3) is 18.2 Å². The van der Waals surface area contributed by atoms with Crippen molar-refractivity contribution in [2.45, 2.75) is 20.8 Å². The van der Waals surface area contributed by atoms with Crippen LogP contribution in [0.5, 0.6) is 0 Å². The van der Waals surface area contributed by atoms with Gasteiger partial charge in [-0.1, -0.05) is 38.2 Å². The lowest BCUT2D eigenvalue weighted by atomic mass is 9.93. The van der Waals surface area contributed by atoms with Crippen LogP contribution in [0.2, 0.25) is 0 Å². The molecule has 1 aromatic rings. The number of rotatable bonds is 1. The molecule has 0 N–H and O–H groups in total. The van der Waals surface area contributed by atoms with Crippen molar-refractivity contribution >= 4 is 29.6 Å². The molecule has 0 amide bonds. The van der Waals surface area contributed by atoms with E-state index in [-0.39, 0.29) is 5.41 Å². The van der Waals surface area contributed by atoms with Crippen LogP contribution in [0.3, 0.4) is 0 Å². The molecule has 0 aromatic carbocycles. The van der Waals surface area contributed by atoms with Gasteiger partial charge in [-0.05, 0) is 19.1 Å². The average Bonchev–Trinajstić information content (AvgIpc) is 2.41. The first kappa shape index (κ1) is 10.4. The molecule has 2 rings (SSSR count). The highest BCUT2D eigenvalue weighted by atomic mass is 32.1. The molecule has 0 saturated heterocycles. The molecule has 0 spiro atoms. The predicted octanol–water partition coefficient (Wildman–Crippen LogP) is 2.33. The zero-order valence-corrected chi connectivity index (χ0v) is 10.1. The third-order valence-corrected chi connectivity index (χ3v) is 3.27. The van der Waals surface area contributed by atoms with Crippen LogP contribution in [0.1, 0.15) is 25.8 Å². The number of allylic oxidation sites excluding steroid dienone is 3. The van der Waals surface area contributed by atoms with Crippen LogP contribution in [-0.2, 0) is 0 Å². The van der Waals surface area contributed by atoms with Gasteiger partial charge in [-0.25, -0.2) is 4.98 Å². The van der Waals surface area contributed by atoms with Gasteiger partial charge in [0.25, 0.3) is 0 Å². The molecule has 0 atom stereocenters. The van der Waals surface area contributed by atoms with Crippen LogP contribution in [-0.4, -0.2) is 4.98 Å². The lowest BCUT2D eigenvalue weighted by Gasteiger charge is -2.12. The first-order valence-electron chi connectivity index (χ1n) is 5.13. The number of hydrogen-bond acceptors (Lipinski definition) is 2. The summed E-state index contributed by atoms with van der Waals surface area (Å²) in [4.78, 5) is 4.56. The molecule has 0 fully saturated rings. The SMILES string of the molecule is C/C=C/c1nc2c(s1)=CC(C)(C)C=CC=2. The number of hydrogen-bond donors (Lipinski definition) is 0. The lowest BCUT2D eigenvalue weighted by molar-refractivity contribution is 0.671. The maximum absolute atomic E-state index is 4.56. The van der Waals surface area contributed by atoms with Crippen LogP contribution in [0, 0.1) is 5.41 Å². The number of fused-ring (bicyclic) bond motifs is 1. The highest BCUT2D eigenvalue weighted by molar-refractivity contribution is 7.10. The fourth-order valence-corrected chi connectivity index (χ4v) is 2.73. The van der Waals surface area contributed by atoms with Gasteiger partial charge in [0.05, 0.1) is 9.88 Å². The van der Waals surface area contributed by atoms with E-state index in [1.807, 2.05) is 13.0 Å². The van der Waals surface area contributed by atoms with Crippen LogP contribution < -0.4 is 9.88 Å². The third kappa shape index (κ3) is 2.26. The van der Waals surface area contributed by atoms with Gasteiger partial charge in [-0.2, -0.15) is 0 Å². The Morgan fingerprint density at radius 3 is 2.93 bits per heavy atom. The van der Waals surface area contributed by atoms with Gasteiger partial charge in [0.15, 0.2) is 0 Å². The molecular formula is C13H15NS. The van der Waals surface area contributed by atoms with E-state index in [1.165, 1.54) is 4.53 Å². The standard InChI is InChI=1S/C13H15NS/c1-4-6-12-14-10-7-5-8-13(2,3)9-11(10)15-12/h4-9H,1-3H3/b6-4+. The van der Waals surface area contributed by atoms with Crippen molar-refractivity contribution in [2.24, 2.45) is 5.41 Å². The summed E-state index contributed by atoms with van der Waals surface area (Å²) in [6.45, 7) is 6.44. The molecule has 1 heterocycles. The Labute approximate surface area is 94.2 Å². The first-order valence-corrected chi connectivity index (χ1v) is 5.94. The van der Waals surface area contributed by atoms with E-state index < -0.39 is 0 Å². The quantitative estimate of drug-likeness (QED) is 0.703. The summed E-state index contributed by atoms with van der Waals surface area (Å²) in [6, 6.07) is 0. The Hall–Kier alpha value is -1.15. The third-order valence-electron chi connectivity index (χ3n) is 2.29. The van der Waals surface area contributed by atoms with Gasteiger partial charge in [-0.3, -0.25) is 0 Å². The molecule has 1 aliphatic carbocycles. The summed E-state index contributed by atoms with van der Waals surface area (Å²) in [5.41, 5.74) is 0.126. The van der Waals surface area contributed by atoms with E-state index in [9.17, 15) is 0 Å². The Kier molecular flexibility index (Phi) is 2.61. The molecule has 2 heteroatoms. The Morgan fingerprint density at radius 1 is 1.40 bits per heavy atom. The molecule has 15 heavy (non-hydrogen) atoms. The van der Waals surface area contributed by atoms with E-state index in [0.29, 0.717) is 0 Å². The maximum atomic E-state index is 4.56. The average molecular weight is 217 g/mol. The molecular weight excluding hydrogens is 202 g/mol. The fourth-order valence-electron chi connectivity index (χ4n) is 1.57. The number of aromatic nitrogens is 1. The van der Waals surface area contributed by atoms with Crippen LogP contribution in [0.4, 0.5) is 0 Å². The predicted molar refractivity (Wildman–Crippen MR) is 67.9 cm³/mol. The minimum absolute atomic E-state index is 0.126. The fraction of sp³-hybridized carbons (Fsp3) is 0.308. The van der Waals surface area contributed by atoms with E-state index in [0.717, 1.165) is 10.4 Å². The first-order chi connectivity index (χ1) is 7.11. The normalized spacial score (nSPS) is 18.1. The minimum Gasteiger partial charge on any atom is -0.237 e. The van der Waals surface area contributed by atoms with Crippen molar-refractivity contribution < 1.29 is 0 Å². The summed E-state index contributed by atoms with van der Waals surface area (Å²) >= 11 is 1.75. The monoisotopic (exact) mass is 217 g/mol. The molecule has 0 unspecified atom stereocenters. The summed E-state index contributed by atoms with van der Waals surface area (Å²) < 4.78 is 1.28. The molecule has 1 nitrogen and oxygen atoms in total. The van der Waals surface area contributed by atoms with Gasteiger partial charge < -0.3 is 0 Å². The highest BCUT2D eigenvalue weighted by Gasteiger charge is 2.11. The summed E-state index contributed by atoms with van der Waals surface area (Å²) in [5, 5.41) is 2.18. The maximum Gasteiger partial charge on any atom is 0.116 e. The van der Waals surface area contributed by atoms with Gasteiger partial charge in [0, 0.05) is 5.41 Å². The summed E-state index contributed by atoms with van der Waals surface area (Å²) in [6.07, 6.45) is 12.8. The second-order valence-electron chi connectivity index (χ2n) is 4.29. The van der Waals surface area contributed by atoms with Crippen LogP contribution in [0.15, 0.2) is 18.2 Å². The zero-order chi connectivity index (χ0) is 10.9. The van der Waals surface area contributed by atoms with E-state index in [2.05, 4.69) is 49.2 Å². The zero-order valence-electron chi connectivity index (χ0n) is 9.32. The van der Waals surface area contributed by atoms with Crippen molar-refractivity contribution in [3.05, 3.63) is 33.1 Å². The van der Waals surface area contributed by atoms with E-state index >= 15 is 0 Å². The summed E-state index contributed by atoms with van der Waals surface area (Å²) in [7, 11) is 0. The van der Waals surface area contributed by atoms with Gasteiger partial charge >= 0.3 is 0 Å². The molecule has 0 saturated carbocycles. The molecule has 78 valence electrons. The van der Waals surface area contributed by atoms with Crippen molar-refractivity contribution in [2.75, 3.05) is 0 Å². The molecule has 1 aliphatic rings. The number of nitrogens with zero attached hydrogens (tertiary/aromatic N) is 1. The van der Waals surface area contributed by atoms with Crippen molar-refractivity contribution in [1.82, 2.24) is 4.98 Å². The van der Waals surface area contributed by atoms with Gasteiger partial charge in [0.1, 0.15) is 5.01 Å². The second-order valence-corrected chi connectivity index (χ2v) is 5.36. The summed E-state index contributed by atoms with van der Waals surface area (Å²) in [5.74, 6) is 0. The van der Waals surface area contributed by atoms with Crippen LogP contribution >= 0.6 is 11.3 Å². The van der Waals surface area contributed by atoms with E-state index in [1.54, 1.807) is 11.3 Å². The molecule has 1 aromatic heterocycles. The molecule has 0 aliphatic heterocycles. The van der Waals surface area contributed by atoms with Crippen molar-refractivity contribution in [3.8, 4) is 0 Å². The van der Waals surface area contributed by atoms with E-state index in [4.69, 9.17) is 0 Å². The van der Waals surface area contributed by atoms with Gasteiger partial charge in [-0.15, -0.1) is 11.3 Å². The Balaban J connectivity index is 2.64. The van der Waals surface area contributed by atoms with Crippen molar-refractivity contribution in [1.29, 1.82) is 0 Å². The highest BCUT2D eigenvalue weighted by Crippen LogP contribution is 2.20. The number of thiazole rings is 1. The Morgan fingerprint density at radius 2 is 2.20 bits per heavy atom. The second kappa shape index (κ2) is 3.78. The van der Waals surface area contributed by atoms with Crippen molar-refractivity contribution in [3.63, 3.8) is 0 Å². The largest absolute Gasteiger partial charge is 0.237 e.